The van der Waals surface area contributed by atoms with E-state index < -0.39 is 0 Å². The van der Waals surface area contributed by atoms with Gasteiger partial charge in [-0.25, -0.2) is 0 Å². The molecule has 0 spiro atoms. The van der Waals surface area contributed by atoms with Gasteiger partial charge in [0.1, 0.15) is 6.10 Å². The number of hydrogen-bond donors (Lipinski definition) is 1. The Morgan fingerprint density at radius 3 is 2.55 bits per heavy atom. The smallest absolute Gasteiger partial charge is 0.207 e. The molecule has 0 aliphatic carbocycles. The van der Waals surface area contributed by atoms with E-state index in [-0.39, 0.29) is 12.2 Å². The number of methoxy groups -OCH3 is 2. The molecule has 1 N–H and O–H groups in total. The van der Waals surface area contributed by atoms with E-state index >= 15 is 0 Å². The van der Waals surface area contributed by atoms with Gasteiger partial charge in [0.15, 0.2) is 11.5 Å². The van der Waals surface area contributed by atoms with Crippen molar-refractivity contribution >= 4 is 6.41 Å². The van der Waals surface area contributed by atoms with Crippen molar-refractivity contribution in [2.45, 2.75) is 38.0 Å². The van der Waals surface area contributed by atoms with Crippen molar-refractivity contribution in [1.29, 1.82) is 0 Å². The van der Waals surface area contributed by atoms with E-state index in [2.05, 4.69) is 40.5 Å². The minimum atomic E-state index is -0.180. The Kier molecular flexibility index (Phi) is 7.10. The van der Waals surface area contributed by atoms with Gasteiger partial charge in [0.2, 0.25) is 6.41 Å². The van der Waals surface area contributed by atoms with Gasteiger partial charge in [0.05, 0.1) is 20.3 Å². The molecular weight excluding hydrogens is 392 g/mol. The molecule has 0 radical (unpaired) electrons. The van der Waals surface area contributed by atoms with Gasteiger partial charge in [-0.1, -0.05) is 36.4 Å². The first kappa shape index (κ1) is 21.7. The third-order valence-electron chi connectivity index (χ3n) is 6.57. The first-order chi connectivity index (χ1) is 15.2. The van der Waals surface area contributed by atoms with Crippen LogP contribution in [0.2, 0.25) is 0 Å². The maximum Gasteiger partial charge on any atom is 0.207 e. The highest BCUT2D eigenvalue weighted by molar-refractivity contribution is 5.53. The van der Waals surface area contributed by atoms with Gasteiger partial charge in [0.25, 0.3) is 0 Å². The number of fused-ring (bicyclic) bond motifs is 1. The molecule has 6 nitrogen and oxygen atoms in total. The molecule has 2 aliphatic rings. The monoisotopic (exact) mass is 424 g/mol. The van der Waals surface area contributed by atoms with E-state index in [1.807, 2.05) is 12.1 Å². The summed E-state index contributed by atoms with van der Waals surface area (Å²) < 4.78 is 17.8. The molecule has 166 valence electrons. The van der Waals surface area contributed by atoms with Gasteiger partial charge in [-0.3, -0.25) is 9.69 Å². The van der Waals surface area contributed by atoms with E-state index in [4.69, 9.17) is 14.2 Å². The maximum atomic E-state index is 10.9. The quantitative estimate of drug-likeness (QED) is 0.659. The van der Waals surface area contributed by atoms with Gasteiger partial charge in [-0.2, -0.15) is 0 Å². The Hall–Kier alpha value is -2.57. The van der Waals surface area contributed by atoms with E-state index in [0.717, 1.165) is 67.9 Å². The maximum absolute atomic E-state index is 10.9. The third kappa shape index (κ3) is 4.86. The van der Waals surface area contributed by atoms with Gasteiger partial charge in [-0.15, -0.1) is 0 Å². The largest absolute Gasteiger partial charge is 0.493 e. The van der Waals surface area contributed by atoms with E-state index in [9.17, 15) is 4.79 Å². The van der Waals surface area contributed by atoms with Crippen LogP contribution in [-0.2, 0) is 22.5 Å². The minimum absolute atomic E-state index is 0.103. The molecule has 0 saturated carbocycles. The number of hydrogen-bond acceptors (Lipinski definition) is 5. The summed E-state index contributed by atoms with van der Waals surface area (Å²) in [4.78, 5) is 13.5. The summed E-state index contributed by atoms with van der Waals surface area (Å²) in [7, 11) is 3.35. The molecule has 1 amide bonds. The normalized spacial score (nSPS) is 21.9. The van der Waals surface area contributed by atoms with Gasteiger partial charge < -0.3 is 19.5 Å². The van der Waals surface area contributed by atoms with E-state index in [0.29, 0.717) is 12.5 Å². The fourth-order valence-corrected chi connectivity index (χ4v) is 4.97. The topological polar surface area (TPSA) is 60.0 Å². The Morgan fingerprint density at radius 2 is 1.87 bits per heavy atom. The molecule has 2 aliphatic heterocycles. The van der Waals surface area contributed by atoms with Crippen molar-refractivity contribution < 1.29 is 19.0 Å². The highest BCUT2D eigenvalue weighted by Crippen LogP contribution is 2.43. The molecule has 1 saturated heterocycles. The third-order valence-corrected chi connectivity index (χ3v) is 6.57. The summed E-state index contributed by atoms with van der Waals surface area (Å²) in [6.45, 7) is 3.59. The molecular formula is C25H32N2O4. The lowest BCUT2D eigenvalue weighted by atomic mass is 9.83. The predicted molar refractivity (Wildman–Crippen MR) is 119 cm³/mol. The molecule has 0 aromatic heterocycles. The van der Waals surface area contributed by atoms with Gasteiger partial charge in [-0.05, 0) is 49.0 Å². The Bertz CT molecular complexity index is 865. The molecule has 4 rings (SSSR count). The van der Waals surface area contributed by atoms with Crippen molar-refractivity contribution in [2.24, 2.45) is 5.92 Å². The Morgan fingerprint density at radius 1 is 1.10 bits per heavy atom. The lowest BCUT2D eigenvalue weighted by Gasteiger charge is -2.41. The average Bonchev–Trinajstić information content (AvgIpc) is 2.82. The summed E-state index contributed by atoms with van der Waals surface area (Å²) in [5.41, 5.74) is 3.58. The lowest BCUT2D eigenvalue weighted by Crippen LogP contribution is -2.42. The molecule has 2 aromatic rings. The zero-order chi connectivity index (χ0) is 21.6. The van der Waals surface area contributed by atoms with Crippen LogP contribution in [-0.4, -0.2) is 51.3 Å². The first-order valence-electron chi connectivity index (χ1n) is 11.1. The van der Waals surface area contributed by atoms with Crippen molar-refractivity contribution in [3.05, 3.63) is 59.2 Å². The Balaban J connectivity index is 1.48. The van der Waals surface area contributed by atoms with Crippen LogP contribution in [0.15, 0.2) is 42.5 Å². The number of likely N-dealkylation sites (tertiary alicyclic amines) is 1. The number of piperidine rings is 1. The average molecular weight is 425 g/mol. The minimum Gasteiger partial charge on any atom is -0.493 e. The van der Waals surface area contributed by atoms with Crippen LogP contribution in [0.3, 0.4) is 0 Å². The summed E-state index contributed by atoms with van der Waals surface area (Å²) in [5, 5.41) is 2.80. The Labute approximate surface area is 184 Å². The molecule has 2 heterocycles. The summed E-state index contributed by atoms with van der Waals surface area (Å²) >= 11 is 0. The summed E-state index contributed by atoms with van der Waals surface area (Å²) in [6.07, 6.45) is 3.67. The van der Waals surface area contributed by atoms with E-state index in [1.165, 1.54) is 5.56 Å². The van der Waals surface area contributed by atoms with Gasteiger partial charge >= 0.3 is 0 Å². The zero-order valence-corrected chi connectivity index (χ0v) is 18.4. The fourth-order valence-electron chi connectivity index (χ4n) is 4.97. The number of nitrogens with one attached hydrogen (secondary N) is 1. The van der Waals surface area contributed by atoms with Crippen molar-refractivity contribution in [2.75, 3.05) is 33.9 Å². The zero-order valence-electron chi connectivity index (χ0n) is 18.4. The molecule has 2 unspecified atom stereocenters. The molecule has 2 aromatic carbocycles. The second kappa shape index (κ2) is 10.2. The highest BCUT2D eigenvalue weighted by Gasteiger charge is 2.36. The number of rotatable bonds is 8. The van der Waals surface area contributed by atoms with Crippen molar-refractivity contribution in [3.63, 3.8) is 0 Å². The number of carbonyl (C=O) groups is 1. The molecule has 6 heteroatoms. The summed E-state index contributed by atoms with van der Waals surface area (Å²) in [6, 6.07) is 14.6. The number of benzene rings is 2. The molecule has 0 bridgehead atoms. The number of carbonyl (C=O) groups excluding carboxylic acids is 1. The predicted octanol–water partition coefficient (Wildman–Crippen LogP) is 3.34. The standard InChI is InChI=1S/C25H32N2O4/c1-29-22-9-8-20-21(25(22)30-2)14-23(31-24(20)15-26-17-28)19-10-12-27(13-11-19)16-18-6-4-3-5-7-18/h3-9,17,19,23-24H,10-16H2,1-2H3,(H,26,28). The number of ether oxygens (including phenoxy) is 3. The van der Waals surface area contributed by atoms with Crippen LogP contribution >= 0.6 is 0 Å². The second-order valence-corrected chi connectivity index (χ2v) is 8.36. The van der Waals surface area contributed by atoms with Crippen LogP contribution in [0.5, 0.6) is 11.5 Å². The van der Waals surface area contributed by atoms with E-state index in [1.54, 1.807) is 14.2 Å². The summed E-state index contributed by atoms with van der Waals surface area (Å²) in [5.74, 6) is 2.00. The molecule has 31 heavy (non-hydrogen) atoms. The van der Waals surface area contributed by atoms with Crippen LogP contribution < -0.4 is 14.8 Å². The van der Waals surface area contributed by atoms with Gasteiger partial charge in [0, 0.05) is 25.1 Å². The van der Waals surface area contributed by atoms with Crippen LogP contribution in [0.1, 0.15) is 35.6 Å². The highest BCUT2D eigenvalue weighted by atomic mass is 16.5. The van der Waals surface area contributed by atoms with Crippen LogP contribution in [0, 0.1) is 5.92 Å². The molecule has 1 fully saturated rings. The van der Waals surface area contributed by atoms with Crippen molar-refractivity contribution in [1.82, 2.24) is 10.2 Å². The fraction of sp³-hybridized carbons (Fsp3) is 0.480. The number of nitrogens with zero attached hydrogens (tertiary/aromatic N) is 1. The number of amides is 1. The SMILES string of the molecule is COc1ccc2c(c1OC)CC(C1CCN(Cc3ccccc3)CC1)OC2CNC=O. The van der Waals surface area contributed by atoms with Crippen molar-refractivity contribution in [3.8, 4) is 11.5 Å². The molecule has 2 atom stereocenters. The van der Waals surface area contributed by atoms with Crippen LogP contribution in [0.4, 0.5) is 0 Å². The second-order valence-electron chi connectivity index (χ2n) is 8.36. The lowest BCUT2D eigenvalue weighted by molar-refractivity contribution is -0.111. The first-order valence-corrected chi connectivity index (χ1v) is 11.1. The van der Waals surface area contributed by atoms with Crippen LogP contribution in [0.25, 0.3) is 0 Å².